The van der Waals surface area contributed by atoms with Crippen LogP contribution in [0.4, 0.5) is 5.69 Å². The number of esters is 1. The average molecular weight is 448 g/mol. The summed E-state index contributed by atoms with van der Waals surface area (Å²) in [6.45, 7) is 10.0. The van der Waals surface area contributed by atoms with Crippen molar-refractivity contribution < 1.29 is 19.1 Å². The molecule has 0 radical (unpaired) electrons. The molecule has 0 saturated heterocycles. The van der Waals surface area contributed by atoms with E-state index in [-0.39, 0.29) is 25.2 Å². The van der Waals surface area contributed by atoms with Gasteiger partial charge in [-0.15, -0.1) is 0 Å². The van der Waals surface area contributed by atoms with E-state index < -0.39 is 19.8 Å². The van der Waals surface area contributed by atoms with Crippen LogP contribution in [0, 0.1) is 0 Å². The predicted octanol–water partition coefficient (Wildman–Crippen LogP) is 6.26. The molecule has 0 bridgehead atoms. The van der Waals surface area contributed by atoms with E-state index in [0.717, 1.165) is 12.2 Å². The van der Waals surface area contributed by atoms with Crippen molar-refractivity contribution in [1.29, 1.82) is 0 Å². The number of hydrogen-bond acceptors (Lipinski definition) is 5. The highest BCUT2D eigenvalue weighted by Crippen LogP contribution is 2.25. The molecule has 1 aromatic carbocycles. The number of ketones is 2. The van der Waals surface area contributed by atoms with Gasteiger partial charge in [-0.05, 0) is 37.6 Å². The normalized spacial score (nSPS) is 12.8. The molecular weight excluding hydrogens is 406 g/mol. The maximum atomic E-state index is 12.2. The maximum absolute atomic E-state index is 12.2. The molecule has 0 aliphatic heterocycles. The lowest BCUT2D eigenvalue weighted by Gasteiger charge is -2.26. The first-order valence-electron chi connectivity index (χ1n) is 11.9. The van der Waals surface area contributed by atoms with Crippen molar-refractivity contribution in [3.05, 3.63) is 29.8 Å². The third-order valence-electron chi connectivity index (χ3n) is 5.99. The third kappa shape index (κ3) is 11.3. The number of Topliss-reactive ketones (excluding diaryl/α,β-unsaturated/α-hetero) is 2. The molecule has 0 aliphatic rings. The number of carbonyl (C=O) groups excluding carboxylic acids is 3. The average Bonchev–Trinajstić information content (AvgIpc) is 2.75. The number of hydrogen-bond donors (Lipinski definition) is 1. The molecule has 1 N–H and O–H groups in total. The monoisotopic (exact) mass is 447 g/mol. The Morgan fingerprint density at radius 2 is 1.58 bits per heavy atom. The lowest BCUT2D eigenvalue weighted by atomic mass is 10.0. The fourth-order valence-corrected chi connectivity index (χ4v) is 6.79. The Bertz CT molecular complexity index is 689. The maximum Gasteiger partial charge on any atom is 0.313 e. The van der Waals surface area contributed by atoms with Crippen molar-refractivity contribution in [2.75, 3.05) is 18.5 Å². The Morgan fingerprint density at radius 1 is 0.903 bits per heavy atom. The van der Waals surface area contributed by atoms with E-state index in [0.29, 0.717) is 5.56 Å². The van der Waals surface area contributed by atoms with Gasteiger partial charge in [0.2, 0.25) is 0 Å². The lowest BCUT2D eigenvalue weighted by molar-refractivity contribution is -0.145. The zero-order valence-corrected chi connectivity index (χ0v) is 20.9. The number of carbonyl (C=O) groups is 3. The summed E-state index contributed by atoms with van der Waals surface area (Å²) in [6, 6.07) is 11.4. The van der Waals surface area contributed by atoms with Gasteiger partial charge in [0.15, 0.2) is 11.6 Å². The molecule has 6 heteroatoms. The molecule has 0 amide bonds. The van der Waals surface area contributed by atoms with Crippen LogP contribution in [0.2, 0.25) is 24.7 Å². The van der Waals surface area contributed by atoms with E-state index in [1.807, 2.05) is 12.1 Å². The predicted molar refractivity (Wildman–Crippen MR) is 131 cm³/mol. The lowest BCUT2D eigenvalue weighted by Crippen LogP contribution is -2.29. The Morgan fingerprint density at radius 3 is 2.19 bits per heavy atom. The number of benzene rings is 1. The van der Waals surface area contributed by atoms with Crippen LogP contribution in [0.3, 0.4) is 0 Å². The van der Waals surface area contributed by atoms with Crippen molar-refractivity contribution in [3.8, 4) is 0 Å². The molecule has 0 aromatic heterocycles. The standard InChI is InChI=1S/C25H41NO4Si/c1-5-8-9-10-17-31(4,7-3)18-11-16-26-22-14-12-21(13-15-22)24(28)19-23(27)20-25(29)30-6-2/h12-15,26H,5-11,16-20H2,1-4H3. The van der Waals surface area contributed by atoms with Gasteiger partial charge in [0.05, 0.1) is 21.1 Å². The molecule has 1 aromatic rings. The zero-order chi connectivity index (χ0) is 23.1. The van der Waals surface area contributed by atoms with Crippen LogP contribution in [-0.2, 0) is 14.3 Å². The van der Waals surface area contributed by atoms with Gasteiger partial charge < -0.3 is 10.1 Å². The minimum Gasteiger partial charge on any atom is -0.466 e. The summed E-state index contributed by atoms with van der Waals surface area (Å²) < 4.78 is 4.74. The molecule has 0 fully saturated rings. The minimum atomic E-state index is -1.12. The molecule has 174 valence electrons. The van der Waals surface area contributed by atoms with E-state index in [1.165, 1.54) is 50.2 Å². The Kier molecular flexibility index (Phi) is 13.1. The van der Waals surface area contributed by atoms with Crippen molar-refractivity contribution in [3.63, 3.8) is 0 Å². The van der Waals surface area contributed by atoms with Gasteiger partial charge >= 0.3 is 5.97 Å². The fourth-order valence-electron chi connectivity index (χ4n) is 3.70. The first-order valence-corrected chi connectivity index (χ1v) is 15.0. The summed E-state index contributed by atoms with van der Waals surface area (Å²) in [7, 11) is -1.12. The van der Waals surface area contributed by atoms with Gasteiger partial charge in [0.1, 0.15) is 6.42 Å². The molecule has 0 aliphatic carbocycles. The second kappa shape index (κ2) is 14.9. The van der Waals surface area contributed by atoms with Gasteiger partial charge in [-0.25, -0.2) is 0 Å². The Labute approximate surface area is 189 Å². The molecule has 0 heterocycles. The molecule has 1 atom stereocenters. The van der Waals surface area contributed by atoms with Crippen molar-refractivity contribution in [2.45, 2.75) is 90.4 Å². The van der Waals surface area contributed by atoms with Crippen LogP contribution in [0.5, 0.6) is 0 Å². The summed E-state index contributed by atoms with van der Waals surface area (Å²) in [4.78, 5) is 35.4. The number of anilines is 1. The van der Waals surface area contributed by atoms with E-state index in [1.54, 1.807) is 19.1 Å². The Balaban J connectivity index is 2.39. The van der Waals surface area contributed by atoms with Gasteiger partial charge in [0, 0.05) is 17.8 Å². The second-order valence-electron chi connectivity index (χ2n) is 8.70. The highest BCUT2D eigenvalue weighted by atomic mass is 28.3. The van der Waals surface area contributed by atoms with Crippen molar-refractivity contribution in [2.24, 2.45) is 0 Å². The van der Waals surface area contributed by atoms with Gasteiger partial charge in [-0.2, -0.15) is 0 Å². The van der Waals surface area contributed by atoms with E-state index in [2.05, 4.69) is 25.7 Å². The van der Waals surface area contributed by atoms with Crippen LogP contribution >= 0.6 is 0 Å². The molecule has 0 saturated carbocycles. The van der Waals surface area contributed by atoms with Gasteiger partial charge in [-0.3, -0.25) is 14.4 Å². The smallest absolute Gasteiger partial charge is 0.313 e. The second-order valence-corrected chi connectivity index (χ2v) is 14.0. The minimum absolute atomic E-state index is 0.230. The van der Waals surface area contributed by atoms with Crippen LogP contribution < -0.4 is 5.32 Å². The van der Waals surface area contributed by atoms with E-state index in [9.17, 15) is 14.4 Å². The Hall–Kier alpha value is -1.95. The zero-order valence-electron chi connectivity index (χ0n) is 19.9. The number of nitrogens with one attached hydrogen (secondary N) is 1. The number of rotatable bonds is 17. The van der Waals surface area contributed by atoms with Crippen LogP contribution in [0.15, 0.2) is 24.3 Å². The van der Waals surface area contributed by atoms with Gasteiger partial charge in [0.25, 0.3) is 0 Å². The van der Waals surface area contributed by atoms with Crippen molar-refractivity contribution in [1.82, 2.24) is 0 Å². The summed E-state index contributed by atoms with van der Waals surface area (Å²) >= 11 is 0. The summed E-state index contributed by atoms with van der Waals surface area (Å²) in [6.07, 6.45) is 5.96. The summed E-state index contributed by atoms with van der Waals surface area (Å²) in [5.41, 5.74) is 1.47. The topological polar surface area (TPSA) is 72.5 Å². The molecule has 1 rings (SSSR count). The molecule has 31 heavy (non-hydrogen) atoms. The quantitative estimate of drug-likeness (QED) is 0.100. The molecule has 5 nitrogen and oxygen atoms in total. The van der Waals surface area contributed by atoms with E-state index in [4.69, 9.17) is 4.74 Å². The number of ether oxygens (including phenoxy) is 1. The van der Waals surface area contributed by atoms with Crippen LogP contribution in [0.25, 0.3) is 0 Å². The third-order valence-corrected chi connectivity index (χ3v) is 10.8. The molecule has 1 unspecified atom stereocenters. The summed E-state index contributed by atoms with van der Waals surface area (Å²) in [5, 5.41) is 3.45. The SMILES string of the molecule is CCCCCC[Si](C)(CC)CCCNc1ccc(C(=O)CC(=O)CC(=O)OCC)cc1. The van der Waals surface area contributed by atoms with Gasteiger partial charge in [-0.1, -0.05) is 64.2 Å². The van der Waals surface area contributed by atoms with E-state index >= 15 is 0 Å². The summed E-state index contributed by atoms with van der Waals surface area (Å²) in [5.74, 6) is -1.26. The highest BCUT2D eigenvalue weighted by Gasteiger charge is 2.23. The highest BCUT2D eigenvalue weighted by molar-refractivity contribution is 6.78. The van der Waals surface area contributed by atoms with Crippen molar-refractivity contribution >= 4 is 31.3 Å². The van der Waals surface area contributed by atoms with Crippen LogP contribution in [-0.4, -0.2) is 38.8 Å². The first kappa shape index (κ1) is 27.1. The molecule has 0 spiro atoms. The molecular formula is C25H41NO4Si. The largest absolute Gasteiger partial charge is 0.466 e. The first-order chi connectivity index (χ1) is 14.8. The number of unbranched alkanes of at least 4 members (excludes halogenated alkanes) is 3. The fraction of sp³-hybridized carbons (Fsp3) is 0.640. The van der Waals surface area contributed by atoms with Crippen LogP contribution in [0.1, 0.15) is 76.1 Å².